The first-order chi connectivity index (χ1) is 12.6. The molecule has 1 aromatic rings. The lowest BCUT2D eigenvalue weighted by Gasteiger charge is -2.35. The topological polar surface area (TPSA) is 44.8 Å². The maximum Gasteiger partial charge on any atom is 0.226 e. The summed E-state index contributed by atoms with van der Waals surface area (Å²) in [5, 5.41) is 4.14. The highest BCUT2D eigenvalue weighted by Crippen LogP contribution is 2.59. The third-order valence-electron chi connectivity index (χ3n) is 6.41. The number of carbonyl (C=O) groups is 1. The molecule has 1 aliphatic carbocycles. The molecule has 2 aliphatic heterocycles. The van der Waals surface area contributed by atoms with Crippen molar-refractivity contribution in [1.82, 2.24) is 15.1 Å². The van der Waals surface area contributed by atoms with E-state index in [1.165, 1.54) is 0 Å². The van der Waals surface area contributed by atoms with E-state index in [1.807, 2.05) is 18.2 Å². The summed E-state index contributed by atoms with van der Waals surface area (Å²) in [6, 6.07) is 5.75. The molecule has 1 saturated carbocycles. The zero-order valence-electron chi connectivity index (χ0n) is 16.3. The lowest BCUT2D eigenvalue weighted by Crippen LogP contribution is -2.49. The number of piperidine rings is 1. The third-order valence-corrected chi connectivity index (χ3v) is 6.64. The summed E-state index contributed by atoms with van der Waals surface area (Å²) in [7, 11) is 1.69. The molecular weight excluding hydrogens is 421 g/mol. The molecule has 1 spiro atoms. The van der Waals surface area contributed by atoms with Gasteiger partial charge in [0.05, 0.1) is 7.11 Å². The minimum absolute atomic E-state index is 0. The van der Waals surface area contributed by atoms with Gasteiger partial charge >= 0.3 is 0 Å². The van der Waals surface area contributed by atoms with Gasteiger partial charge in [0.1, 0.15) is 5.75 Å². The molecule has 158 valence electrons. The molecule has 2 saturated heterocycles. The van der Waals surface area contributed by atoms with Crippen LogP contribution < -0.4 is 10.1 Å². The molecule has 4 rings (SSSR count). The Morgan fingerprint density at radius 1 is 1.21 bits per heavy atom. The van der Waals surface area contributed by atoms with Crippen LogP contribution in [0.1, 0.15) is 24.8 Å². The highest BCUT2D eigenvalue weighted by atomic mass is 35.5. The predicted octanol–water partition coefficient (Wildman–Crippen LogP) is 3.23. The van der Waals surface area contributed by atoms with Crippen LogP contribution in [0, 0.1) is 11.3 Å². The van der Waals surface area contributed by atoms with Gasteiger partial charge in [0.15, 0.2) is 0 Å². The maximum absolute atomic E-state index is 12.9. The van der Waals surface area contributed by atoms with Crippen molar-refractivity contribution in [2.75, 3.05) is 46.4 Å². The van der Waals surface area contributed by atoms with Gasteiger partial charge in [0.25, 0.3) is 0 Å². The van der Waals surface area contributed by atoms with Gasteiger partial charge in [0, 0.05) is 49.2 Å². The molecule has 0 bridgehead atoms. The molecule has 1 aromatic carbocycles. The second-order valence-corrected chi connectivity index (χ2v) is 8.36. The first-order valence-electron chi connectivity index (χ1n) is 9.66. The van der Waals surface area contributed by atoms with Crippen LogP contribution in [0.5, 0.6) is 5.75 Å². The van der Waals surface area contributed by atoms with E-state index in [1.54, 1.807) is 7.11 Å². The quantitative estimate of drug-likeness (QED) is 0.765. The van der Waals surface area contributed by atoms with E-state index in [9.17, 15) is 4.79 Å². The average molecular weight is 451 g/mol. The van der Waals surface area contributed by atoms with Crippen LogP contribution in [0.25, 0.3) is 0 Å². The van der Waals surface area contributed by atoms with E-state index in [2.05, 4.69) is 15.1 Å². The Balaban J connectivity index is 0.00000140. The molecular formula is C20H30Cl3N3O2. The van der Waals surface area contributed by atoms with Gasteiger partial charge in [-0.1, -0.05) is 11.6 Å². The fourth-order valence-electron chi connectivity index (χ4n) is 4.63. The summed E-state index contributed by atoms with van der Waals surface area (Å²) >= 11 is 6.14. The number of halogens is 3. The van der Waals surface area contributed by atoms with E-state index in [0.29, 0.717) is 11.3 Å². The number of benzene rings is 1. The van der Waals surface area contributed by atoms with E-state index < -0.39 is 0 Å². The molecule has 28 heavy (non-hydrogen) atoms. The Morgan fingerprint density at radius 3 is 2.54 bits per heavy atom. The summed E-state index contributed by atoms with van der Waals surface area (Å²) in [6.07, 6.45) is 3.43. The SMILES string of the molecule is COc1ccc(Cl)cc1CN1CCN(C(=O)C2CC23CCNCC3)CC1.Cl.Cl. The molecule has 5 nitrogen and oxygen atoms in total. The van der Waals surface area contributed by atoms with E-state index >= 15 is 0 Å². The Morgan fingerprint density at radius 2 is 1.89 bits per heavy atom. The third kappa shape index (κ3) is 4.88. The van der Waals surface area contributed by atoms with Crippen LogP contribution in [0.4, 0.5) is 0 Å². The number of rotatable bonds is 4. The van der Waals surface area contributed by atoms with Gasteiger partial charge in [0.2, 0.25) is 5.91 Å². The summed E-state index contributed by atoms with van der Waals surface area (Å²) < 4.78 is 5.45. The number of hydrogen-bond donors (Lipinski definition) is 1. The monoisotopic (exact) mass is 449 g/mol. The van der Waals surface area contributed by atoms with Crippen LogP contribution in [-0.4, -0.2) is 62.1 Å². The van der Waals surface area contributed by atoms with Gasteiger partial charge in [-0.15, -0.1) is 24.8 Å². The van der Waals surface area contributed by atoms with E-state index in [0.717, 1.165) is 81.4 Å². The molecule has 8 heteroatoms. The Labute approximate surface area is 184 Å². The number of amides is 1. The van der Waals surface area contributed by atoms with Crippen molar-refractivity contribution in [3.8, 4) is 5.75 Å². The zero-order valence-corrected chi connectivity index (χ0v) is 18.7. The number of methoxy groups -OCH3 is 1. The van der Waals surface area contributed by atoms with Crippen molar-refractivity contribution in [2.24, 2.45) is 11.3 Å². The Kier molecular flexibility index (Phi) is 8.29. The predicted molar refractivity (Wildman–Crippen MR) is 117 cm³/mol. The zero-order chi connectivity index (χ0) is 18.1. The van der Waals surface area contributed by atoms with E-state index in [4.69, 9.17) is 16.3 Å². The number of nitrogens with zero attached hydrogens (tertiary/aromatic N) is 2. The highest BCUT2D eigenvalue weighted by molar-refractivity contribution is 6.30. The average Bonchev–Trinajstić information content (AvgIpc) is 3.35. The largest absolute Gasteiger partial charge is 0.496 e. The smallest absolute Gasteiger partial charge is 0.226 e. The first kappa shape index (κ1) is 23.6. The van der Waals surface area contributed by atoms with Gasteiger partial charge in [-0.3, -0.25) is 9.69 Å². The maximum atomic E-state index is 12.9. The molecule has 0 radical (unpaired) electrons. The van der Waals surface area contributed by atoms with Crippen molar-refractivity contribution in [3.63, 3.8) is 0 Å². The highest BCUT2D eigenvalue weighted by Gasteiger charge is 2.58. The van der Waals surface area contributed by atoms with Gasteiger partial charge in [-0.25, -0.2) is 0 Å². The molecule has 1 unspecified atom stereocenters. The molecule has 0 aromatic heterocycles. The molecule has 1 amide bonds. The van der Waals surface area contributed by atoms with Crippen molar-refractivity contribution < 1.29 is 9.53 Å². The molecule has 3 aliphatic rings. The summed E-state index contributed by atoms with van der Waals surface area (Å²) in [5.74, 6) is 1.55. The number of ether oxygens (including phenoxy) is 1. The summed E-state index contributed by atoms with van der Waals surface area (Å²) in [5.41, 5.74) is 1.43. The number of piperazine rings is 1. The lowest BCUT2D eigenvalue weighted by atomic mass is 9.91. The Hall–Kier alpha value is -0.720. The summed E-state index contributed by atoms with van der Waals surface area (Å²) in [4.78, 5) is 17.4. The van der Waals surface area contributed by atoms with E-state index in [-0.39, 0.29) is 30.7 Å². The molecule has 3 fully saturated rings. The molecule has 2 heterocycles. The second kappa shape index (κ2) is 9.86. The van der Waals surface area contributed by atoms with Crippen molar-refractivity contribution in [3.05, 3.63) is 28.8 Å². The minimum Gasteiger partial charge on any atom is -0.496 e. The number of carbonyl (C=O) groups excluding carboxylic acids is 1. The van der Waals surface area contributed by atoms with Crippen LogP contribution in [0.3, 0.4) is 0 Å². The lowest BCUT2D eigenvalue weighted by molar-refractivity contribution is -0.135. The van der Waals surface area contributed by atoms with Crippen LogP contribution in [-0.2, 0) is 11.3 Å². The van der Waals surface area contributed by atoms with Crippen LogP contribution >= 0.6 is 36.4 Å². The first-order valence-corrected chi connectivity index (χ1v) is 10.0. The van der Waals surface area contributed by atoms with Crippen LogP contribution in [0.2, 0.25) is 5.02 Å². The normalized spacial score (nSPS) is 23.5. The number of hydrogen-bond acceptors (Lipinski definition) is 4. The van der Waals surface area contributed by atoms with Gasteiger partial charge < -0.3 is 15.0 Å². The van der Waals surface area contributed by atoms with Crippen LogP contribution in [0.15, 0.2) is 18.2 Å². The van der Waals surface area contributed by atoms with Gasteiger partial charge in [-0.05, 0) is 56.0 Å². The van der Waals surface area contributed by atoms with Crippen molar-refractivity contribution in [2.45, 2.75) is 25.8 Å². The number of nitrogens with one attached hydrogen (secondary N) is 1. The fraction of sp³-hybridized carbons (Fsp3) is 0.650. The summed E-state index contributed by atoms with van der Waals surface area (Å²) in [6.45, 7) is 6.41. The second-order valence-electron chi connectivity index (χ2n) is 7.93. The molecule has 1 N–H and O–H groups in total. The molecule has 1 atom stereocenters. The fourth-order valence-corrected chi connectivity index (χ4v) is 4.83. The van der Waals surface area contributed by atoms with Crippen molar-refractivity contribution in [1.29, 1.82) is 0 Å². The minimum atomic E-state index is 0. The van der Waals surface area contributed by atoms with Gasteiger partial charge in [-0.2, -0.15) is 0 Å². The Bertz CT molecular complexity index is 675. The van der Waals surface area contributed by atoms with Crippen molar-refractivity contribution >= 4 is 42.3 Å². The standard InChI is InChI=1S/C20H28ClN3O2.2ClH/c1-26-18-3-2-16(21)12-15(18)14-23-8-10-24(11-9-23)19(25)17-13-20(17)4-6-22-7-5-20;;/h2-3,12,17,22H,4-11,13-14H2,1H3;2*1H.